The number of alkyl carbamates (subject to hydrolysis) is 1. The lowest BCUT2D eigenvalue weighted by atomic mass is 10.1. The molecule has 2 atom stereocenters. The minimum absolute atomic E-state index is 0.0176. The van der Waals surface area contributed by atoms with E-state index >= 15 is 0 Å². The van der Waals surface area contributed by atoms with Crippen molar-refractivity contribution < 1.29 is 38.6 Å². The molecule has 0 aromatic heterocycles. The van der Waals surface area contributed by atoms with Crippen molar-refractivity contribution in [2.45, 2.75) is 97.3 Å². The van der Waals surface area contributed by atoms with Gasteiger partial charge >= 0.3 is 12.1 Å². The molecule has 1 aliphatic rings. The third-order valence-corrected chi connectivity index (χ3v) is 3.87. The minimum Gasteiger partial charge on any atom is -0.444 e. The van der Waals surface area contributed by atoms with Crippen LogP contribution >= 0.6 is 0 Å². The average molecular weight is 446 g/mol. The van der Waals surface area contributed by atoms with Crippen molar-refractivity contribution in [3.05, 3.63) is 0 Å². The second-order valence-electron chi connectivity index (χ2n) is 9.22. The quantitative estimate of drug-likeness (QED) is 0.258. The normalized spacial score (nSPS) is 16.8. The molecule has 1 aliphatic heterocycles. The fourth-order valence-electron chi connectivity index (χ4n) is 2.60. The fraction of sp³-hybridized carbons (Fsp3) is 0.800. The molecule has 3 amide bonds. The van der Waals surface area contributed by atoms with E-state index in [2.05, 4.69) is 10.6 Å². The highest BCUT2D eigenvalue weighted by molar-refractivity contribution is 6.01. The number of aliphatic hydroxyl groups excluding tert-OH is 1. The van der Waals surface area contributed by atoms with Crippen molar-refractivity contribution in [2.75, 3.05) is 6.54 Å². The summed E-state index contributed by atoms with van der Waals surface area (Å²) in [7, 11) is 0. The van der Waals surface area contributed by atoms with E-state index in [0.29, 0.717) is 24.4 Å². The van der Waals surface area contributed by atoms with Crippen molar-refractivity contribution in [3.63, 3.8) is 0 Å². The summed E-state index contributed by atoms with van der Waals surface area (Å²) in [6.45, 7) is 10.8. The number of nitrogens with one attached hydrogen (secondary N) is 2. The number of aliphatic hydroxyl groups is 1. The molecule has 0 bridgehead atoms. The Kier molecular flexibility index (Phi) is 9.85. The summed E-state index contributed by atoms with van der Waals surface area (Å²) in [5.74, 6) is -2.07. The van der Waals surface area contributed by atoms with Crippen molar-refractivity contribution in [2.24, 2.45) is 0 Å². The molecule has 0 aromatic rings. The van der Waals surface area contributed by atoms with Crippen molar-refractivity contribution in [1.29, 1.82) is 0 Å². The summed E-state index contributed by atoms with van der Waals surface area (Å²) in [4.78, 5) is 52.5. The molecule has 178 valence electrons. The SMILES string of the molecule is CC(C)(C)OC(=O)NCCCC[C@H](NC(O)OC(C)(C)C)C(=O)ON1C(=O)CCC1=O. The molecule has 0 saturated carbocycles. The summed E-state index contributed by atoms with van der Waals surface area (Å²) >= 11 is 0. The highest BCUT2D eigenvalue weighted by atomic mass is 16.7. The summed E-state index contributed by atoms with van der Waals surface area (Å²) in [6, 6.07) is -1.04. The number of nitrogens with zero attached hydrogens (tertiary/aromatic N) is 1. The maximum absolute atomic E-state index is 12.5. The number of amides is 3. The zero-order chi connectivity index (χ0) is 23.8. The largest absolute Gasteiger partial charge is 0.444 e. The van der Waals surface area contributed by atoms with Crippen LogP contribution in [0.3, 0.4) is 0 Å². The van der Waals surface area contributed by atoms with Gasteiger partial charge in [-0.1, -0.05) is 0 Å². The molecule has 1 rings (SSSR count). The van der Waals surface area contributed by atoms with Crippen molar-refractivity contribution >= 4 is 23.9 Å². The van der Waals surface area contributed by atoms with E-state index in [1.807, 2.05) is 0 Å². The van der Waals surface area contributed by atoms with Gasteiger partial charge < -0.3 is 24.7 Å². The topological polar surface area (TPSA) is 144 Å². The van der Waals surface area contributed by atoms with Gasteiger partial charge in [-0.15, -0.1) is 5.06 Å². The Hall–Kier alpha value is -2.24. The van der Waals surface area contributed by atoms with E-state index < -0.39 is 47.5 Å². The van der Waals surface area contributed by atoms with Crippen LogP contribution in [-0.2, 0) is 28.7 Å². The average Bonchev–Trinajstić information content (AvgIpc) is 2.89. The Bertz CT molecular complexity index is 638. The standard InChI is InChI=1S/C20H35N3O8/c1-19(2,3)29-17(27)21-12-8-7-9-13(22-18(28)30-20(4,5)6)16(26)31-23-14(24)10-11-15(23)25/h13,18,22,28H,7-12H2,1-6H3,(H,21,27)/t13-,18?/m0/s1. The number of rotatable bonds is 10. The number of hydroxylamine groups is 2. The number of carbonyl (C=O) groups is 4. The lowest BCUT2D eigenvalue weighted by molar-refractivity contribution is -0.207. The number of carbonyl (C=O) groups excluding carboxylic acids is 4. The molecule has 0 aromatic carbocycles. The van der Waals surface area contributed by atoms with Crippen LogP contribution in [0.15, 0.2) is 0 Å². The van der Waals surface area contributed by atoms with Gasteiger partial charge in [0.1, 0.15) is 11.6 Å². The summed E-state index contributed by atoms with van der Waals surface area (Å²) in [6.07, 6.45) is -0.860. The summed E-state index contributed by atoms with van der Waals surface area (Å²) in [5.41, 5.74) is -1.28. The Labute approximate surface area is 182 Å². The van der Waals surface area contributed by atoms with Crippen LogP contribution in [0.4, 0.5) is 4.79 Å². The van der Waals surface area contributed by atoms with Crippen molar-refractivity contribution in [3.8, 4) is 0 Å². The Morgan fingerprint density at radius 3 is 2.13 bits per heavy atom. The van der Waals surface area contributed by atoms with Crippen LogP contribution in [0.2, 0.25) is 0 Å². The monoisotopic (exact) mass is 445 g/mol. The summed E-state index contributed by atoms with van der Waals surface area (Å²) in [5, 5.41) is 15.8. The van der Waals surface area contributed by atoms with E-state index in [1.165, 1.54) is 0 Å². The highest BCUT2D eigenvalue weighted by Gasteiger charge is 2.35. The molecule has 11 heteroatoms. The predicted molar refractivity (Wildman–Crippen MR) is 109 cm³/mol. The van der Waals surface area contributed by atoms with E-state index in [0.717, 1.165) is 0 Å². The molecule has 1 heterocycles. The highest BCUT2D eigenvalue weighted by Crippen LogP contribution is 2.15. The fourth-order valence-corrected chi connectivity index (χ4v) is 2.60. The van der Waals surface area contributed by atoms with Gasteiger partial charge in [0.15, 0.2) is 0 Å². The number of ether oxygens (including phenoxy) is 2. The van der Waals surface area contributed by atoms with Crippen LogP contribution in [0.25, 0.3) is 0 Å². The zero-order valence-electron chi connectivity index (χ0n) is 19.1. The second-order valence-corrected chi connectivity index (χ2v) is 9.22. The molecule has 1 unspecified atom stereocenters. The Morgan fingerprint density at radius 2 is 1.61 bits per heavy atom. The van der Waals surface area contributed by atoms with Gasteiger partial charge in [0.2, 0.25) is 6.41 Å². The van der Waals surface area contributed by atoms with Crippen LogP contribution in [0, 0.1) is 0 Å². The summed E-state index contributed by atoms with van der Waals surface area (Å²) < 4.78 is 10.5. The maximum atomic E-state index is 12.5. The molecule has 0 radical (unpaired) electrons. The number of imide groups is 1. The first-order valence-corrected chi connectivity index (χ1v) is 10.3. The number of hydrogen-bond donors (Lipinski definition) is 3. The first-order chi connectivity index (χ1) is 14.2. The van der Waals surface area contributed by atoms with Crippen molar-refractivity contribution in [1.82, 2.24) is 15.7 Å². The van der Waals surface area contributed by atoms with Gasteiger partial charge in [-0.25, -0.2) is 9.59 Å². The Morgan fingerprint density at radius 1 is 1.03 bits per heavy atom. The molecular formula is C20H35N3O8. The first kappa shape index (κ1) is 26.8. The second kappa shape index (κ2) is 11.4. The van der Waals surface area contributed by atoms with Crippen LogP contribution in [0.5, 0.6) is 0 Å². The van der Waals surface area contributed by atoms with Crippen LogP contribution < -0.4 is 10.6 Å². The van der Waals surface area contributed by atoms with Crippen LogP contribution in [0.1, 0.15) is 73.6 Å². The van der Waals surface area contributed by atoms with Gasteiger partial charge in [0.05, 0.1) is 5.60 Å². The van der Waals surface area contributed by atoms with Gasteiger partial charge in [-0.05, 0) is 60.8 Å². The third-order valence-electron chi connectivity index (χ3n) is 3.87. The van der Waals surface area contributed by atoms with Gasteiger partial charge in [0, 0.05) is 19.4 Å². The first-order valence-electron chi connectivity index (χ1n) is 10.3. The molecule has 0 aliphatic carbocycles. The third kappa shape index (κ3) is 11.1. The molecule has 31 heavy (non-hydrogen) atoms. The molecule has 3 N–H and O–H groups in total. The molecule has 0 spiro atoms. The minimum atomic E-state index is -1.47. The lowest BCUT2D eigenvalue weighted by Crippen LogP contribution is -2.49. The smallest absolute Gasteiger partial charge is 0.407 e. The molecular weight excluding hydrogens is 410 g/mol. The lowest BCUT2D eigenvalue weighted by Gasteiger charge is -2.27. The molecule has 1 saturated heterocycles. The van der Waals surface area contributed by atoms with Crippen LogP contribution in [-0.4, -0.2) is 64.2 Å². The number of unbranched alkanes of at least 4 members (excludes halogenated alkanes) is 1. The van der Waals surface area contributed by atoms with E-state index in [1.54, 1.807) is 41.5 Å². The van der Waals surface area contributed by atoms with E-state index in [9.17, 15) is 24.3 Å². The van der Waals surface area contributed by atoms with Gasteiger partial charge in [-0.2, -0.15) is 0 Å². The van der Waals surface area contributed by atoms with E-state index in [4.69, 9.17) is 14.3 Å². The molecule has 1 fully saturated rings. The number of hydrogen-bond acceptors (Lipinski definition) is 9. The van der Waals surface area contributed by atoms with Gasteiger partial charge in [0.25, 0.3) is 11.8 Å². The van der Waals surface area contributed by atoms with E-state index in [-0.39, 0.29) is 19.3 Å². The predicted octanol–water partition coefficient (Wildman–Crippen LogP) is 1.34. The van der Waals surface area contributed by atoms with Gasteiger partial charge in [-0.3, -0.25) is 14.9 Å². The maximum Gasteiger partial charge on any atom is 0.407 e. The Balaban J connectivity index is 2.59. The molecule has 11 nitrogen and oxygen atoms in total. The zero-order valence-corrected chi connectivity index (χ0v) is 19.1.